The molecule has 4 heteroatoms. The second kappa shape index (κ2) is 4.91. The number of sulfone groups is 1. The van der Waals surface area contributed by atoms with Crippen molar-refractivity contribution in [3.63, 3.8) is 0 Å². The zero-order valence-corrected chi connectivity index (χ0v) is 12.7. The Balaban J connectivity index is 2.29. The Morgan fingerprint density at radius 2 is 1.74 bits per heavy atom. The second-order valence-corrected chi connectivity index (χ2v) is 7.69. The highest BCUT2D eigenvalue weighted by Gasteiger charge is 2.50. The Kier molecular flexibility index (Phi) is 3.76. The van der Waals surface area contributed by atoms with E-state index in [-0.39, 0.29) is 11.5 Å². The summed E-state index contributed by atoms with van der Waals surface area (Å²) in [7, 11) is -3.11. The Morgan fingerprint density at radius 3 is 2.11 bits per heavy atom. The maximum absolute atomic E-state index is 11.5. The molecule has 0 heterocycles. The number of hydrogen-bond acceptors (Lipinski definition) is 3. The van der Waals surface area contributed by atoms with Gasteiger partial charge in [0.05, 0.1) is 4.90 Å². The summed E-state index contributed by atoms with van der Waals surface area (Å²) < 4.78 is 22.9. The van der Waals surface area contributed by atoms with Crippen LogP contribution in [0, 0.1) is 5.41 Å². The molecule has 0 bridgehead atoms. The van der Waals surface area contributed by atoms with Gasteiger partial charge in [0.2, 0.25) is 0 Å². The zero-order chi connectivity index (χ0) is 14.3. The largest absolute Gasteiger partial charge is 0.327 e. The van der Waals surface area contributed by atoms with Gasteiger partial charge in [0, 0.05) is 12.3 Å². The molecule has 3 nitrogen and oxygen atoms in total. The smallest absolute Gasteiger partial charge is 0.175 e. The quantitative estimate of drug-likeness (QED) is 0.923. The third-order valence-electron chi connectivity index (χ3n) is 4.95. The highest BCUT2D eigenvalue weighted by Crippen LogP contribution is 2.56. The number of rotatable bonds is 4. The molecule has 2 N–H and O–H groups in total. The molecule has 106 valence electrons. The Bertz CT molecular complexity index is 544. The molecule has 1 aliphatic carbocycles. The van der Waals surface area contributed by atoms with Gasteiger partial charge in [-0.3, -0.25) is 0 Å². The van der Waals surface area contributed by atoms with Crippen LogP contribution in [0.1, 0.15) is 44.6 Å². The summed E-state index contributed by atoms with van der Waals surface area (Å²) in [5.74, 6) is 0.464. The van der Waals surface area contributed by atoms with E-state index in [9.17, 15) is 8.42 Å². The first-order valence-corrected chi connectivity index (χ1v) is 8.80. The summed E-state index contributed by atoms with van der Waals surface area (Å²) in [4.78, 5) is 0.387. The van der Waals surface area contributed by atoms with Crippen molar-refractivity contribution >= 4 is 9.84 Å². The summed E-state index contributed by atoms with van der Waals surface area (Å²) in [6.07, 6.45) is 4.38. The lowest BCUT2D eigenvalue weighted by molar-refractivity contribution is 0.0438. The summed E-state index contributed by atoms with van der Waals surface area (Å²) in [6.45, 7) is 4.39. The molecular formula is C15H23NO2S. The van der Waals surface area contributed by atoms with E-state index in [0.717, 1.165) is 19.3 Å². The van der Waals surface area contributed by atoms with Crippen molar-refractivity contribution in [3.8, 4) is 0 Å². The van der Waals surface area contributed by atoms with Crippen LogP contribution in [0.3, 0.4) is 0 Å². The van der Waals surface area contributed by atoms with Crippen LogP contribution < -0.4 is 5.73 Å². The maximum atomic E-state index is 11.5. The van der Waals surface area contributed by atoms with Gasteiger partial charge in [0.15, 0.2) is 9.84 Å². The highest BCUT2D eigenvalue weighted by atomic mass is 32.2. The minimum absolute atomic E-state index is 0.187. The van der Waals surface area contributed by atoms with Crippen molar-refractivity contribution in [3.05, 3.63) is 29.8 Å². The third-order valence-corrected chi connectivity index (χ3v) is 6.08. The molecule has 2 rings (SSSR count). The topological polar surface area (TPSA) is 60.2 Å². The predicted molar refractivity (Wildman–Crippen MR) is 77.9 cm³/mol. The lowest BCUT2D eigenvalue weighted by Crippen LogP contribution is -2.55. The van der Waals surface area contributed by atoms with Crippen LogP contribution >= 0.6 is 0 Å². The monoisotopic (exact) mass is 281 g/mol. The van der Waals surface area contributed by atoms with Crippen molar-refractivity contribution in [2.75, 3.05) is 6.26 Å². The fourth-order valence-corrected chi connectivity index (χ4v) is 4.13. The van der Waals surface area contributed by atoms with Crippen LogP contribution in [0.5, 0.6) is 0 Å². The average molecular weight is 281 g/mol. The molecule has 1 aromatic rings. The summed E-state index contributed by atoms with van der Waals surface area (Å²) >= 11 is 0. The molecule has 0 aliphatic heterocycles. The Hall–Kier alpha value is -0.870. The van der Waals surface area contributed by atoms with Gasteiger partial charge in [-0.1, -0.05) is 26.0 Å². The summed E-state index contributed by atoms with van der Waals surface area (Å²) in [5, 5.41) is 0. The minimum atomic E-state index is -3.11. The third kappa shape index (κ3) is 2.32. The molecular weight excluding hydrogens is 258 g/mol. The predicted octanol–water partition coefficient (Wildman–Crippen LogP) is 2.71. The van der Waals surface area contributed by atoms with Gasteiger partial charge < -0.3 is 5.73 Å². The standard InChI is InChI=1S/C15H23NO2S/c1-4-15(5-2)13(10-14(15)16)11-6-8-12(9-7-11)19(3,17)18/h6-9,13-14H,4-5,10,16H2,1-3H3. The fourth-order valence-electron chi connectivity index (χ4n) is 3.50. The lowest BCUT2D eigenvalue weighted by atomic mass is 9.52. The molecule has 2 unspecified atom stereocenters. The van der Waals surface area contributed by atoms with Crippen molar-refractivity contribution in [1.29, 1.82) is 0 Å². The molecule has 1 aliphatic rings. The van der Waals surface area contributed by atoms with E-state index in [2.05, 4.69) is 13.8 Å². The molecule has 1 fully saturated rings. The highest BCUT2D eigenvalue weighted by molar-refractivity contribution is 7.90. The van der Waals surface area contributed by atoms with E-state index in [1.165, 1.54) is 11.8 Å². The van der Waals surface area contributed by atoms with E-state index in [4.69, 9.17) is 5.73 Å². The molecule has 1 aromatic carbocycles. The average Bonchev–Trinajstić information content (AvgIpc) is 2.37. The van der Waals surface area contributed by atoms with Gasteiger partial charge in [-0.05, 0) is 48.3 Å². The van der Waals surface area contributed by atoms with Gasteiger partial charge in [0.25, 0.3) is 0 Å². The van der Waals surface area contributed by atoms with Crippen LogP contribution in [-0.2, 0) is 9.84 Å². The van der Waals surface area contributed by atoms with Gasteiger partial charge in [-0.25, -0.2) is 8.42 Å². The Labute approximate surface area is 116 Å². The number of nitrogens with two attached hydrogens (primary N) is 1. The SMILES string of the molecule is CCC1(CC)C(N)CC1c1ccc(S(C)(=O)=O)cc1. The Morgan fingerprint density at radius 1 is 1.21 bits per heavy atom. The molecule has 0 amide bonds. The van der Waals surface area contributed by atoms with Crippen LogP contribution in [0.4, 0.5) is 0 Å². The summed E-state index contributed by atoms with van der Waals surface area (Å²) in [6, 6.07) is 7.59. The lowest BCUT2D eigenvalue weighted by Gasteiger charge is -2.55. The van der Waals surface area contributed by atoms with E-state index in [0.29, 0.717) is 10.8 Å². The first kappa shape index (κ1) is 14.5. The molecule has 0 aromatic heterocycles. The molecule has 2 atom stereocenters. The molecule has 0 saturated heterocycles. The van der Waals surface area contributed by atoms with Crippen molar-refractivity contribution in [1.82, 2.24) is 0 Å². The zero-order valence-electron chi connectivity index (χ0n) is 11.9. The van der Waals surface area contributed by atoms with E-state index < -0.39 is 9.84 Å². The normalized spacial score (nSPS) is 25.9. The molecule has 0 radical (unpaired) electrons. The van der Waals surface area contributed by atoms with Gasteiger partial charge in [-0.15, -0.1) is 0 Å². The van der Waals surface area contributed by atoms with Crippen LogP contribution in [0.15, 0.2) is 29.2 Å². The first-order chi connectivity index (χ1) is 8.85. The molecule has 1 saturated carbocycles. The van der Waals surface area contributed by atoms with Crippen molar-refractivity contribution < 1.29 is 8.42 Å². The van der Waals surface area contributed by atoms with Crippen LogP contribution in [0.25, 0.3) is 0 Å². The van der Waals surface area contributed by atoms with Gasteiger partial charge in [-0.2, -0.15) is 0 Å². The molecule has 19 heavy (non-hydrogen) atoms. The van der Waals surface area contributed by atoms with E-state index in [1.54, 1.807) is 12.1 Å². The van der Waals surface area contributed by atoms with Crippen molar-refractivity contribution in [2.24, 2.45) is 11.1 Å². The second-order valence-electron chi connectivity index (χ2n) is 5.68. The van der Waals surface area contributed by atoms with Crippen molar-refractivity contribution in [2.45, 2.75) is 50.0 Å². The van der Waals surface area contributed by atoms with Crippen LogP contribution in [-0.4, -0.2) is 20.7 Å². The summed E-state index contributed by atoms with van der Waals surface area (Å²) in [5.41, 5.74) is 7.62. The fraction of sp³-hybridized carbons (Fsp3) is 0.600. The van der Waals surface area contributed by atoms with Gasteiger partial charge >= 0.3 is 0 Å². The maximum Gasteiger partial charge on any atom is 0.175 e. The minimum Gasteiger partial charge on any atom is -0.327 e. The van der Waals surface area contributed by atoms with E-state index >= 15 is 0 Å². The van der Waals surface area contributed by atoms with Crippen LogP contribution in [0.2, 0.25) is 0 Å². The first-order valence-electron chi connectivity index (χ1n) is 6.90. The number of hydrogen-bond donors (Lipinski definition) is 1. The van der Waals surface area contributed by atoms with Gasteiger partial charge in [0.1, 0.15) is 0 Å². The number of benzene rings is 1. The molecule has 0 spiro atoms. The van der Waals surface area contributed by atoms with E-state index in [1.807, 2.05) is 12.1 Å².